The molecule has 0 amide bonds. The van der Waals surface area contributed by atoms with Crippen LogP contribution in [0.5, 0.6) is 5.75 Å². The van der Waals surface area contributed by atoms with Crippen LogP contribution < -0.4 is 10.1 Å². The number of ether oxygens (including phenoxy) is 1. The molecule has 1 aromatic heterocycles. The summed E-state index contributed by atoms with van der Waals surface area (Å²) in [4.78, 5) is 0.192. The van der Waals surface area contributed by atoms with Crippen molar-refractivity contribution in [2.24, 2.45) is 0 Å². The molecule has 8 heteroatoms. The third-order valence-corrected chi connectivity index (χ3v) is 5.68. The lowest BCUT2D eigenvalue weighted by Crippen LogP contribution is -2.51. The monoisotopic (exact) mass is 336 g/mol. The van der Waals surface area contributed by atoms with Crippen molar-refractivity contribution in [3.8, 4) is 11.4 Å². The topological polar surface area (TPSA) is 76.5 Å². The van der Waals surface area contributed by atoms with E-state index >= 15 is 0 Å². The number of hydrogen-bond donors (Lipinski definition) is 1. The van der Waals surface area contributed by atoms with Gasteiger partial charge in [-0.15, -0.1) is 0 Å². The lowest BCUT2D eigenvalue weighted by Gasteiger charge is -2.30. The first-order valence-electron chi connectivity index (χ1n) is 7.44. The van der Waals surface area contributed by atoms with E-state index in [9.17, 15) is 8.42 Å². The molecule has 0 spiro atoms. The van der Waals surface area contributed by atoms with Crippen LogP contribution in [0.3, 0.4) is 0 Å². The molecular formula is C15H20N4O3S. The molecule has 1 fully saturated rings. The quantitative estimate of drug-likeness (QED) is 0.896. The Balaban J connectivity index is 1.92. The van der Waals surface area contributed by atoms with E-state index in [0.29, 0.717) is 31.1 Å². The summed E-state index contributed by atoms with van der Waals surface area (Å²) in [7, 11) is -1.96. The zero-order valence-corrected chi connectivity index (χ0v) is 14.0. The summed E-state index contributed by atoms with van der Waals surface area (Å²) >= 11 is 0. The Hall–Kier alpha value is -1.90. The largest absolute Gasteiger partial charge is 0.494 e. The van der Waals surface area contributed by atoms with Crippen molar-refractivity contribution in [1.82, 2.24) is 19.4 Å². The van der Waals surface area contributed by atoms with Gasteiger partial charge in [0.1, 0.15) is 16.3 Å². The number of rotatable bonds is 4. The number of methoxy groups -OCH3 is 1. The molecular weight excluding hydrogens is 316 g/mol. The first-order chi connectivity index (χ1) is 11.0. The van der Waals surface area contributed by atoms with Crippen molar-refractivity contribution in [3.63, 3.8) is 0 Å². The van der Waals surface area contributed by atoms with Crippen molar-refractivity contribution in [2.45, 2.75) is 17.9 Å². The smallest absolute Gasteiger partial charge is 0.246 e. The fourth-order valence-electron chi connectivity index (χ4n) is 2.65. The van der Waals surface area contributed by atoms with Gasteiger partial charge in [0.25, 0.3) is 0 Å². The molecule has 0 unspecified atom stereocenters. The van der Waals surface area contributed by atoms with Gasteiger partial charge in [-0.25, -0.2) is 13.1 Å². The Morgan fingerprint density at radius 2 is 2.13 bits per heavy atom. The van der Waals surface area contributed by atoms with Crippen LogP contribution in [-0.2, 0) is 10.0 Å². The minimum absolute atomic E-state index is 0.141. The van der Waals surface area contributed by atoms with Gasteiger partial charge in [-0.1, -0.05) is 12.1 Å². The number of hydrogen-bond acceptors (Lipinski definition) is 5. The lowest BCUT2D eigenvalue weighted by molar-refractivity contribution is 0.310. The Labute approximate surface area is 135 Å². The molecule has 124 valence electrons. The van der Waals surface area contributed by atoms with Crippen molar-refractivity contribution in [3.05, 3.63) is 36.7 Å². The van der Waals surface area contributed by atoms with Gasteiger partial charge in [0.05, 0.1) is 19.5 Å². The molecule has 2 heterocycles. The second-order valence-corrected chi connectivity index (χ2v) is 7.45. The van der Waals surface area contributed by atoms with E-state index in [-0.39, 0.29) is 10.9 Å². The molecule has 0 bridgehead atoms. The third kappa shape index (κ3) is 3.10. The van der Waals surface area contributed by atoms with Gasteiger partial charge < -0.3 is 10.1 Å². The van der Waals surface area contributed by atoms with E-state index in [2.05, 4.69) is 10.4 Å². The predicted octanol–water partition coefficient (Wildman–Crippen LogP) is 0.863. The van der Waals surface area contributed by atoms with E-state index in [1.54, 1.807) is 7.11 Å². The highest BCUT2D eigenvalue weighted by atomic mass is 32.2. The van der Waals surface area contributed by atoms with Crippen LogP contribution >= 0.6 is 0 Å². The molecule has 0 saturated carbocycles. The summed E-state index contributed by atoms with van der Waals surface area (Å²) in [5.41, 5.74) is 0.699. The molecule has 1 N–H and O–H groups in total. The Morgan fingerprint density at radius 3 is 2.87 bits per heavy atom. The summed E-state index contributed by atoms with van der Waals surface area (Å²) in [5.74, 6) is 0.635. The molecule has 0 aliphatic carbocycles. The number of piperazine rings is 1. The third-order valence-electron chi connectivity index (χ3n) is 3.86. The number of sulfonamides is 1. The van der Waals surface area contributed by atoms with Gasteiger partial charge >= 0.3 is 0 Å². The van der Waals surface area contributed by atoms with E-state index in [1.807, 2.05) is 31.2 Å². The maximum Gasteiger partial charge on any atom is 0.246 e. The number of benzene rings is 1. The summed E-state index contributed by atoms with van der Waals surface area (Å²) in [6.07, 6.45) is 2.91. The van der Waals surface area contributed by atoms with Crippen LogP contribution in [0.4, 0.5) is 0 Å². The summed E-state index contributed by atoms with van der Waals surface area (Å²) in [6.45, 7) is 3.55. The summed E-state index contributed by atoms with van der Waals surface area (Å²) < 4.78 is 33.8. The average molecular weight is 336 g/mol. The lowest BCUT2D eigenvalue weighted by atomic mass is 10.3. The van der Waals surface area contributed by atoms with Gasteiger partial charge in [0.2, 0.25) is 10.0 Å². The molecule has 7 nitrogen and oxygen atoms in total. The average Bonchev–Trinajstić information content (AvgIpc) is 3.05. The van der Waals surface area contributed by atoms with Crippen molar-refractivity contribution in [1.29, 1.82) is 0 Å². The van der Waals surface area contributed by atoms with E-state index < -0.39 is 10.0 Å². The minimum Gasteiger partial charge on any atom is -0.494 e. The fraction of sp³-hybridized carbons (Fsp3) is 0.400. The maximum atomic E-state index is 12.7. The second kappa shape index (κ2) is 6.31. The predicted molar refractivity (Wildman–Crippen MR) is 86.3 cm³/mol. The van der Waals surface area contributed by atoms with Crippen LogP contribution in [0.1, 0.15) is 6.92 Å². The molecule has 3 rings (SSSR count). The molecule has 1 saturated heterocycles. The standard InChI is InChI=1S/C15H20N4O3S/c1-12-10-18(8-7-16-12)23(20,21)13-9-17-19(11-13)14-5-3-4-6-15(14)22-2/h3-6,9,11-12,16H,7-8,10H2,1-2H3/t12-/m0/s1. The fourth-order valence-corrected chi connectivity index (χ4v) is 4.12. The number of nitrogens with one attached hydrogen (secondary N) is 1. The van der Waals surface area contributed by atoms with Gasteiger partial charge in [-0.05, 0) is 19.1 Å². The molecule has 1 atom stereocenters. The van der Waals surface area contributed by atoms with Gasteiger partial charge in [-0.3, -0.25) is 0 Å². The van der Waals surface area contributed by atoms with E-state index in [0.717, 1.165) is 0 Å². The Bertz CT molecular complexity index is 788. The van der Waals surface area contributed by atoms with Crippen LogP contribution in [-0.4, -0.2) is 55.3 Å². The highest BCUT2D eigenvalue weighted by Gasteiger charge is 2.29. The first kappa shape index (κ1) is 16.0. The van der Waals surface area contributed by atoms with Gasteiger partial charge in [-0.2, -0.15) is 9.40 Å². The van der Waals surface area contributed by atoms with Crippen LogP contribution in [0.15, 0.2) is 41.6 Å². The van der Waals surface area contributed by atoms with Crippen LogP contribution in [0.2, 0.25) is 0 Å². The molecule has 2 aromatic rings. The maximum absolute atomic E-state index is 12.7. The van der Waals surface area contributed by atoms with Crippen molar-refractivity contribution < 1.29 is 13.2 Å². The number of nitrogens with zero attached hydrogens (tertiary/aromatic N) is 3. The Morgan fingerprint density at radius 1 is 1.35 bits per heavy atom. The minimum atomic E-state index is -3.53. The zero-order valence-electron chi connectivity index (χ0n) is 13.1. The van der Waals surface area contributed by atoms with Crippen molar-refractivity contribution in [2.75, 3.05) is 26.7 Å². The first-order valence-corrected chi connectivity index (χ1v) is 8.88. The molecule has 1 aliphatic heterocycles. The highest BCUT2D eigenvalue weighted by molar-refractivity contribution is 7.89. The Kier molecular flexibility index (Phi) is 4.38. The van der Waals surface area contributed by atoms with Crippen molar-refractivity contribution >= 4 is 10.0 Å². The number of aromatic nitrogens is 2. The number of para-hydroxylation sites is 2. The van der Waals surface area contributed by atoms with Crippen LogP contribution in [0, 0.1) is 0 Å². The second-order valence-electron chi connectivity index (χ2n) is 5.51. The highest BCUT2D eigenvalue weighted by Crippen LogP contribution is 2.24. The van der Waals surface area contributed by atoms with Gasteiger partial charge in [0, 0.05) is 25.7 Å². The van der Waals surface area contributed by atoms with E-state index in [4.69, 9.17) is 4.74 Å². The zero-order chi connectivity index (χ0) is 16.4. The SMILES string of the molecule is COc1ccccc1-n1cc(S(=O)(=O)N2CCN[C@@H](C)C2)cn1. The van der Waals surface area contributed by atoms with Crippen LogP contribution in [0.25, 0.3) is 5.69 Å². The molecule has 23 heavy (non-hydrogen) atoms. The van der Waals surface area contributed by atoms with Gasteiger partial charge in [0.15, 0.2) is 0 Å². The molecule has 1 aromatic carbocycles. The summed E-state index contributed by atoms with van der Waals surface area (Å²) in [5, 5.41) is 7.43. The van der Waals surface area contributed by atoms with E-state index in [1.165, 1.54) is 21.4 Å². The molecule has 0 radical (unpaired) electrons. The summed E-state index contributed by atoms with van der Waals surface area (Å²) in [6, 6.07) is 7.48. The normalized spacial score (nSPS) is 19.7. The molecule has 1 aliphatic rings.